The van der Waals surface area contributed by atoms with Crippen LogP contribution in [0, 0.1) is 0 Å². The number of para-hydroxylation sites is 2. The third-order valence-corrected chi connectivity index (χ3v) is 4.61. The average Bonchev–Trinajstić information content (AvgIpc) is 3.27. The van der Waals surface area contributed by atoms with E-state index in [1.165, 1.54) is 11.3 Å². The SMILES string of the molecule is O=C(CCc1nc2ccccc2[nH]1)Nc1nnc(-c2ccccc2)s1. The molecule has 0 bridgehead atoms. The summed E-state index contributed by atoms with van der Waals surface area (Å²) in [6.07, 6.45) is 0.880. The van der Waals surface area contributed by atoms with E-state index in [-0.39, 0.29) is 5.91 Å². The van der Waals surface area contributed by atoms with Crippen LogP contribution in [-0.4, -0.2) is 26.1 Å². The molecule has 2 N–H and O–H groups in total. The third-order valence-electron chi connectivity index (χ3n) is 3.72. The van der Waals surface area contributed by atoms with Crippen LogP contribution in [0.25, 0.3) is 21.6 Å². The van der Waals surface area contributed by atoms with Crippen molar-refractivity contribution in [3.05, 3.63) is 60.4 Å². The van der Waals surface area contributed by atoms with E-state index in [1.54, 1.807) is 0 Å². The Morgan fingerprint density at radius 2 is 1.84 bits per heavy atom. The average molecular weight is 349 g/mol. The molecule has 2 aromatic carbocycles. The third kappa shape index (κ3) is 3.56. The number of nitrogens with one attached hydrogen (secondary N) is 2. The van der Waals surface area contributed by atoms with Gasteiger partial charge in [-0.3, -0.25) is 4.79 Å². The van der Waals surface area contributed by atoms with Crippen molar-refractivity contribution in [2.75, 3.05) is 5.32 Å². The zero-order valence-electron chi connectivity index (χ0n) is 13.3. The largest absolute Gasteiger partial charge is 0.342 e. The minimum absolute atomic E-state index is 0.101. The molecule has 0 aliphatic heterocycles. The quantitative estimate of drug-likeness (QED) is 0.576. The minimum Gasteiger partial charge on any atom is -0.342 e. The van der Waals surface area contributed by atoms with Crippen molar-refractivity contribution >= 4 is 33.4 Å². The second-order valence-electron chi connectivity index (χ2n) is 5.53. The Morgan fingerprint density at radius 1 is 1.04 bits per heavy atom. The fourth-order valence-electron chi connectivity index (χ4n) is 2.51. The van der Waals surface area contributed by atoms with Crippen molar-refractivity contribution in [3.8, 4) is 10.6 Å². The van der Waals surface area contributed by atoms with Crippen LogP contribution in [0.4, 0.5) is 5.13 Å². The maximum Gasteiger partial charge on any atom is 0.226 e. The number of fused-ring (bicyclic) bond motifs is 1. The summed E-state index contributed by atoms with van der Waals surface area (Å²) in [4.78, 5) is 19.8. The highest BCUT2D eigenvalue weighted by molar-refractivity contribution is 7.18. The number of aromatic nitrogens is 4. The molecule has 4 rings (SSSR count). The lowest BCUT2D eigenvalue weighted by molar-refractivity contribution is -0.116. The van der Waals surface area contributed by atoms with E-state index in [9.17, 15) is 4.79 Å². The first-order valence-corrected chi connectivity index (χ1v) is 8.72. The van der Waals surface area contributed by atoms with Gasteiger partial charge in [0.1, 0.15) is 10.8 Å². The summed E-state index contributed by atoms with van der Waals surface area (Å²) in [5.74, 6) is 0.704. The summed E-state index contributed by atoms with van der Waals surface area (Å²) >= 11 is 1.36. The predicted molar refractivity (Wildman–Crippen MR) is 98.4 cm³/mol. The predicted octanol–water partition coefficient (Wildman–Crippen LogP) is 3.65. The summed E-state index contributed by atoms with van der Waals surface area (Å²) < 4.78 is 0. The highest BCUT2D eigenvalue weighted by Gasteiger charge is 2.11. The van der Waals surface area contributed by atoms with Gasteiger partial charge in [-0.1, -0.05) is 53.8 Å². The molecule has 0 saturated heterocycles. The van der Waals surface area contributed by atoms with Crippen LogP contribution in [0.1, 0.15) is 12.2 Å². The zero-order valence-corrected chi connectivity index (χ0v) is 14.1. The fraction of sp³-hybridized carbons (Fsp3) is 0.111. The molecule has 0 radical (unpaired) electrons. The fourth-order valence-corrected chi connectivity index (χ4v) is 3.27. The molecule has 0 aliphatic carbocycles. The van der Waals surface area contributed by atoms with E-state index in [0.717, 1.165) is 27.4 Å². The number of amides is 1. The number of carbonyl (C=O) groups is 1. The zero-order chi connectivity index (χ0) is 17.1. The van der Waals surface area contributed by atoms with E-state index < -0.39 is 0 Å². The van der Waals surface area contributed by atoms with Gasteiger partial charge in [0.25, 0.3) is 0 Å². The molecule has 2 aromatic heterocycles. The normalized spacial score (nSPS) is 10.9. The number of hydrogen-bond acceptors (Lipinski definition) is 5. The van der Waals surface area contributed by atoms with Crippen molar-refractivity contribution in [2.24, 2.45) is 0 Å². The summed E-state index contributed by atoms with van der Waals surface area (Å²) in [6, 6.07) is 17.6. The molecule has 124 valence electrons. The molecule has 0 fully saturated rings. The Hall–Kier alpha value is -3.06. The van der Waals surface area contributed by atoms with Crippen molar-refractivity contribution < 1.29 is 4.79 Å². The molecule has 4 aromatic rings. The van der Waals surface area contributed by atoms with Gasteiger partial charge in [0, 0.05) is 18.4 Å². The van der Waals surface area contributed by atoms with E-state index in [2.05, 4.69) is 25.5 Å². The van der Waals surface area contributed by atoms with Gasteiger partial charge < -0.3 is 10.3 Å². The van der Waals surface area contributed by atoms with Crippen LogP contribution >= 0.6 is 11.3 Å². The topological polar surface area (TPSA) is 83.6 Å². The molecule has 0 aliphatic rings. The van der Waals surface area contributed by atoms with Crippen LogP contribution < -0.4 is 5.32 Å². The van der Waals surface area contributed by atoms with Crippen LogP contribution in [0.2, 0.25) is 0 Å². The maximum atomic E-state index is 12.1. The van der Waals surface area contributed by atoms with E-state index in [0.29, 0.717) is 18.0 Å². The lowest BCUT2D eigenvalue weighted by Gasteiger charge is -1.99. The first kappa shape index (κ1) is 15.5. The molecular formula is C18H15N5OS. The van der Waals surface area contributed by atoms with Gasteiger partial charge in [-0.2, -0.15) is 0 Å². The second-order valence-corrected chi connectivity index (χ2v) is 6.50. The Labute approximate surface area is 148 Å². The van der Waals surface area contributed by atoms with E-state index >= 15 is 0 Å². The van der Waals surface area contributed by atoms with Gasteiger partial charge in [-0.25, -0.2) is 4.98 Å². The molecule has 0 saturated carbocycles. The number of imidazole rings is 1. The number of benzene rings is 2. The number of aryl methyl sites for hydroxylation is 1. The number of nitrogens with zero attached hydrogens (tertiary/aromatic N) is 3. The molecule has 7 heteroatoms. The van der Waals surface area contributed by atoms with Crippen molar-refractivity contribution in [1.82, 2.24) is 20.2 Å². The molecule has 0 atom stereocenters. The summed E-state index contributed by atoms with van der Waals surface area (Å²) in [5, 5.41) is 12.3. The number of carbonyl (C=O) groups excluding carboxylic acids is 1. The molecule has 25 heavy (non-hydrogen) atoms. The summed E-state index contributed by atoms with van der Waals surface area (Å²) in [7, 11) is 0. The highest BCUT2D eigenvalue weighted by atomic mass is 32.1. The standard InChI is InChI=1S/C18H15N5OS/c24-16(11-10-15-19-13-8-4-5-9-14(13)20-15)21-18-23-22-17(25-18)12-6-2-1-3-7-12/h1-9H,10-11H2,(H,19,20)(H,21,23,24). The van der Waals surface area contributed by atoms with Gasteiger partial charge in [0.2, 0.25) is 11.0 Å². The maximum absolute atomic E-state index is 12.1. The number of rotatable bonds is 5. The monoisotopic (exact) mass is 349 g/mol. The number of H-pyrrole nitrogens is 1. The lowest BCUT2D eigenvalue weighted by atomic mass is 10.2. The molecule has 6 nitrogen and oxygen atoms in total. The first-order valence-electron chi connectivity index (χ1n) is 7.90. The smallest absolute Gasteiger partial charge is 0.226 e. The van der Waals surface area contributed by atoms with Crippen molar-refractivity contribution in [1.29, 1.82) is 0 Å². The van der Waals surface area contributed by atoms with Gasteiger partial charge in [0.15, 0.2) is 0 Å². The van der Waals surface area contributed by atoms with Crippen molar-refractivity contribution in [2.45, 2.75) is 12.8 Å². The number of hydrogen-bond donors (Lipinski definition) is 2. The van der Waals surface area contributed by atoms with Gasteiger partial charge in [0.05, 0.1) is 11.0 Å². The van der Waals surface area contributed by atoms with Crippen LogP contribution in [0.5, 0.6) is 0 Å². The van der Waals surface area contributed by atoms with Crippen LogP contribution in [-0.2, 0) is 11.2 Å². The van der Waals surface area contributed by atoms with Gasteiger partial charge in [-0.15, -0.1) is 10.2 Å². The Balaban J connectivity index is 1.37. The summed E-state index contributed by atoms with van der Waals surface area (Å²) in [6.45, 7) is 0. The highest BCUT2D eigenvalue weighted by Crippen LogP contribution is 2.26. The van der Waals surface area contributed by atoms with E-state index in [1.807, 2.05) is 54.6 Å². The van der Waals surface area contributed by atoms with Crippen LogP contribution in [0.3, 0.4) is 0 Å². The summed E-state index contributed by atoms with van der Waals surface area (Å²) in [5.41, 5.74) is 2.88. The lowest BCUT2D eigenvalue weighted by Crippen LogP contribution is -2.12. The van der Waals surface area contributed by atoms with E-state index in [4.69, 9.17) is 0 Å². The molecule has 0 unspecified atom stereocenters. The van der Waals surface area contributed by atoms with Crippen molar-refractivity contribution in [3.63, 3.8) is 0 Å². The Kier molecular flexibility index (Phi) is 4.22. The Bertz CT molecular complexity index is 975. The van der Waals surface area contributed by atoms with Crippen LogP contribution in [0.15, 0.2) is 54.6 Å². The van der Waals surface area contributed by atoms with Gasteiger partial charge in [-0.05, 0) is 12.1 Å². The minimum atomic E-state index is -0.101. The Morgan fingerprint density at radius 3 is 2.68 bits per heavy atom. The molecule has 2 heterocycles. The first-order chi connectivity index (χ1) is 12.3. The molecular weight excluding hydrogens is 334 g/mol. The molecule has 0 spiro atoms. The number of anilines is 1. The van der Waals surface area contributed by atoms with Gasteiger partial charge >= 0.3 is 0 Å². The molecule has 1 amide bonds. The second kappa shape index (κ2) is 6.82. The number of aromatic amines is 1.